The minimum absolute atomic E-state index is 0.0767. The Morgan fingerprint density at radius 1 is 1.35 bits per heavy atom. The van der Waals surface area contributed by atoms with Crippen LogP contribution in [0, 0.1) is 10.1 Å². The maximum absolute atomic E-state index is 11.8. The van der Waals surface area contributed by atoms with E-state index in [9.17, 15) is 19.7 Å². The molecule has 0 unspecified atom stereocenters. The summed E-state index contributed by atoms with van der Waals surface area (Å²) in [7, 11) is 0. The molecule has 0 saturated carbocycles. The number of nitro groups is 1. The summed E-state index contributed by atoms with van der Waals surface area (Å²) in [5.41, 5.74) is 0.496. The Morgan fingerprint density at radius 3 is 2.50 bits per heavy atom. The lowest BCUT2D eigenvalue weighted by Crippen LogP contribution is -2.42. The zero-order chi connectivity index (χ0) is 15.3. The van der Waals surface area contributed by atoms with E-state index in [2.05, 4.69) is 10.6 Å². The summed E-state index contributed by atoms with van der Waals surface area (Å²) in [6, 6.07) is 3.42. The Hall–Kier alpha value is -2.44. The maximum Gasteiger partial charge on any atom is 0.321 e. The second-order valence-electron chi connectivity index (χ2n) is 4.54. The Kier molecular flexibility index (Phi) is 5.19. The molecular formula is C13H17N3O4. The summed E-state index contributed by atoms with van der Waals surface area (Å²) < 4.78 is 0. The van der Waals surface area contributed by atoms with Crippen LogP contribution in [-0.4, -0.2) is 22.9 Å². The van der Waals surface area contributed by atoms with Gasteiger partial charge in [-0.05, 0) is 26.3 Å². The van der Waals surface area contributed by atoms with E-state index in [-0.39, 0.29) is 17.3 Å². The van der Waals surface area contributed by atoms with Gasteiger partial charge in [0, 0.05) is 23.2 Å². The van der Waals surface area contributed by atoms with Crippen molar-refractivity contribution >= 4 is 17.6 Å². The lowest BCUT2D eigenvalue weighted by atomic mass is 10.1. The first-order chi connectivity index (χ1) is 9.35. The lowest BCUT2D eigenvalue weighted by molar-refractivity contribution is -0.385. The fourth-order valence-corrected chi connectivity index (χ4v) is 1.65. The van der Waals surface area contributed by atoms with Gasteiger partial charge in [-0.3, -0.25) is 20.2 Å². The highest BCUT2D eigenvalue weighted by molar-refractivity contribution is 6.04. The minimum Gasteiger partial charge on any atom is -0.336 e. The molecule has 2 N–H and O–H groups in total. The van der Waals surface area contributed by atoms with Gasteiger partial charge in [-0.2, -0.15) is 0 Å². The Balaban J connectivity index is 2.91. The van der Waals surface area contributed by atoms with Gasteiger partial charge in [-0.25, -0.2) is 4.79 Å². The molecule has 0 aliphatic heterocycles. The smallest absolute Gasteiger partial charge is 0.321 e. The van der Waals surface area contributed by atoms with Gasteiger partial charge in [-0.15, -0.1) is 0 Å². The van der Waals surface area contributed by atoms with Gasteiger partial charge < -0.3 is 5.32 Å². The standard InChI is InChI=1S/C13H17N3O4/c1-4-9-5-6-10(7-11(9)16(19)20)12(17)15-13(18)14-8(2)3/h5-8H,4H2,1-3H3,(H2,14,15,17,18). The van der Waals surface area contributed by atoms with Crippen molar-refractivity contribution in [2.45, 2.75) is 33.2 Å². The highest BCUT2D eigenvalue weighted by Crippen LogP contribution is 2.20. The number of benzene rings is 1. The summed E-state index contributed by atoms with van der Waals surface area (Å²) in [6.07, 6.45) is 0.492. The SMILES string of the molecule is CCc1ccc(C(=O)NC(=O)NC(C)C)cc1[N+](=O)[O-]. The molecule has 0 atom stereocenters. The molecule has 3 amide bonds. The number of carbonyl (C=O) groups is 2. The molecule has 0 aliphatic rings. The number of rotatable bonds is 4. The molecule has 0 spiro atoms. The molecule has 7 heteroatoms. The Labute approximate surface area is 116 Å². The number of hydrogen-bond donors (Lipinski definition) is 2. The molecule has 1 aromatic carbocycles. The number of imide groups is 1. The van der Waals surface area contributed by atoms with Crippen molar-refractivity contribution in [2.75, 3.05) is 0 Å². The quantitative estimate of drug-likeness (QED) is 0.650. The van der Waals surface area contributed by atoms with Crippen LogP contribution in [0.1, 0.15) is 36.7 Å². The topological polar surface area (TPSA) is 101 Å². The molecule has 20 heavy (non-hydrogen) atoms. The molecular weight excluding hydrogens is 262 g/mol. The van der Waals surface area contributed by atoms with E-state index in [0.717, 1.165) is 0 Å². The van der Waals surface area contributed by atoms with Gasteiger partial charge in [0.2, 0.25) is 0 Å². The summed E-state index contributed by atoms with van der Waals surface area (Å²) in [4.78, 5) is 33.6. The van der Waals surface area contributed by atoms with Crippen molar-refractivity contribution in [1.29, 1.82) is 0 Å². The predicted molar refractivity (Wildman–Crippen MR) is 73.6 cm³/mol. The van der Waals surface area contributed by atoms with Gasteiger partial charge >= 0.3 is 6.03 Å². The summed E-state index contributed by atoms with van der Waals surface area (Å²) in [5.74, 6) is -0.672. The van der Waals surface area contributed by atoms with Crippen molar-refractivity contribution in [2.24, 2.45) is 0 Å². The van der Waals surface area contributed by atoms with Crippen LogP contribution in [0.15, 0.2) is 18.2 Å². The number of nitrogens with zero attached hydrogens (tertiary/aromatic N) is 1. The molecule has 0 fully saturated rings. The van der Waals surface area contributed by atoms with Crippen molar-refractivity contribution in [3.63, 3.8) is 0 Å². The molecule has 7 nitrogen and oxygen atoms in total. The lowest BCUT2D eigenvalue weighted by Gasteiger charge is -2.09. The van der Waals surface area contributed by atoms with Gasteiger partial charge in [0.15, 0.2) is 0 Å². The van der Waals surface area contributed by atoms with E-state index < -0.39 is 16.9 Å². The molecule has 0 bridgehead atoms. The fourth-order valence-electron chi connectivity index (χ4n) is 1.65. The second-order valence-corrected chi connectivity index (χ2v) is 4.54. The van der Waals surface area contributed by atoms with Crippen molar-refractivity contribution in [3.8, 4) is 0 Å². The third kappa shape index (κ3) is 4.04. The molecule has 1 rings (SSSR count). The fraction of sp³-hybridized carbons (Fsp3) is 0.385. The number of amides is 3. The van der Waals surface area contributed by atoms with Crippen LogP contribution in [0.25, 0.3) is 0 Å². The first-order valence-electron chi connectivity index (χ1n) is 6.24. The average molecular weight is 279 g/mol. The highest BCUT2D eigenvalue weighted by atomic mass is 16.6. The Morgan fingerprint density at radius 2 is 2.00 bits per heavy atom. The number of urea groups is 1. The zero-order valence-electron chi connectivity index (χ0n) is 11.6. The summed E-state index contributed by atoms with van der Waals surface area (Å²) >= 11 is 0. The van der Waals surface area contributed by atoms with Crippen LogP contribution in [0.5, 0.6) is 0 Å². The summed E-state index contributed by atoms with van der Waals surface area (Å²) in [5, 5.41) is 15.5. The molecule has 0 radical (unpaired) electrons. The van der Waals surface area contributed by atoms with E-state index in [0.29, 0.717) is 12.0 Å². The van der Waals surface area contributed by atoms with Gasteiger partial charge in [0.1, 0.15) is 0 Å². The van der Waals surface area contributed by atoms with E-state index in [1.807, 2.05) is 0 Å². The highest BCUT2D eigenvalue weighted by Gasteiger charge is 2.17. The number of carbonyl (C=O) groups excluding carboxylic acids is 2. The number of nitrogens with one attached hydrogen (secondary N) is 2. The average Bonchev–Trinajstić information content (AvgIpc) is 2.36. The third-order valence-corrected chi connectivity index (χ3v) is 2.57. The van der Waals surface area contributed by atoms with E-state index in [1.165, 1.54) is 18.2 Å². The van der Waals surface area contributed by atoms with Crippen LogP contribution in [0.4, 0.5) is 10.5 Å². The molecule has 0 aliphatic carbocycles. The molecule has 108 valence electrons. The van der Waals surface area contributed by atoms with Crippen LogP contribution in [0.2, 0.25) is 0 Å². The molecule has 0 saturated heterocycles. The molecule has 0 aromatic heterocycles. The van der Waals surface area contributed by atoms with Crippen LogP contribution in [-0.2, 0) is 6.42 Å². The predicted octanol–water partition coefficient (Wildman–Crippen LogP) is 2.00. The number of hydrogen-bond acceptors (Lipinski definition) is 4. The maximum atomic E-state index is 11.8. The van der Waals surface area contributed by atoms with Crippen LogP contribution >= 0.6 is 0 Å². The van der Waals surface area contributed by atoms with Crippen molar-refractivity contribution in [1.82, 2.24) is 10.6 Å². The van der Waals surface area contributed by atoms with Crippen LogP contribution in [0.3, 0.4) is 0 Å². The molecule has 1 aromatic rings. The van der Waals surface area contributed by atoms with Crippen molar-refractivity contribution in [3.05, 3.63) is 39.4 Å². The first-order valence-corrected chi connectivity index (χ1v) is 6.24. The Bertz CT molecular complexity index is 540. The summed E-state index contributed by atoms with van der Waals surface area (Å²) in [6.45, 7) is 5.30. The van der Waals surface area contributed by atoms with E-state index >= 15 is 0 Å². The largest absolute Gasteiger partial charge is 0.336 e. The molecule has 0 heterocycles. The van der Waals surface area contributed by atoms with E-state index in [1.54, 1.807) is 20.8 Å². The van der Waals surface area contributed by atoms with Gasteiger partial charge in [0.05, 0.1) is 4.92 Å². The van der Waals surface area contributed by atoms with Gasteiger partial charge in [0.25, 0.3) is 11.6 Å². The van der Waals surface area contributed by atoms with E-state index in [4.69, 9.17) is 0 Å². The number of nitro benzene ring substituents is 1. The number of aryl methyl sites for hydroxylation is 1. The van der Waals surface area contributed by atoms with Gasteiger partial charge in [-0.1, -0.05) is 13.0 Å². The second kappa shape index (κ2) is 6.65. The third-order valence-electron chi connectivity index (χ3n) is 2.57. The van der Waals surface area contributed by atoms with Crippen LogP contribution < -0.4 is 10.6 Å². The first kappa shape index (κ1) is 15.6. The minimum atomic E-state index is -0.672. The van der Waals surface area contributed by atoms with Crippen molar-refractivity contribution < 1.29 is 14.5 Å². The normalized spacial score (nSPS) is 10.2. The zero-order valence-corrected chi connectivity index (χ0v) is 11.6. The monoisotopic (exact) mass is 279 g/mol.